The van der Waals surface area contributed by atoms with Gasteiger partial charge in [-0.2, -0.15) is 10.4 Å². The summed E-state index contributed by atoms with van der Waals surface area (Å²) in [5, 5.41) is 22.0. The molecule has 5 rings (SSSR count). The summed E-state index contributed by atoms with van der Waals surface area (Å²) in [6.45, 7) is 4.28. The number of fused-ring (bicyclic) bond motifs is 1. The highest BCUT2D eigenvalue weighted by Gasteiger charge is 2.39. The molecule has 8 nitrogen and oxygen atoms in total. The van der Waals surface area contributed by atoms with Crippen molar-refractivity contribution in [3.63, 3.8) is 0 Å². The van der Waals surface area contributed by atoms with E-state index in [9.17, 15) is 5.26 Å². The van der Waals surface area contributed by atoms with Crippen LogP contribution in [0.3, 0.4) is 0 Å². The first-order valence-electron chi connectivity index (χ1n) is 11.4. The molecular weight excluding hydrogens is 402 g/mol. The summed E-state index contributed by atoms with van der Waals surface area (Å²) in [4.78, 5) is 12.0. The Bertz CT molecular complexity index is 1130. The molecule has 0 unspecified atom stereocenters. The van der Waals surface area contributed by atoms with Gasteiger partial charge in [0.15, 0.2) is 0 Å². The molecule has 1 aliphatic heterocycles. The third-order valence-corrected chi connectivity index (χ3v) is 7.11. The summed E-state index contributed by atoms with van der Waals surface area (Å²) in [5.41, 5.74) is 2.93. The van der Waals surface area contributed by atoms with Gasteiger partial charge >= 0.3 is 0 Å². The van der Waals surface area contributed by atoms with Gasteiger partial charge in [0.1, 0.15) is 17.0 Å². The van der Waals surface area contributed by atoms with E-state index in [2.05, 4.69) is 44.5 Å². The third kappa shape index (κ3) is 3.51. The summed E-state index contributed by atoms with van der Waals surface area (Å²) in [7, 11) is 2.01. The Hall–Kier alpha value is -3.02. The Morgan fingerprint density at radius 3 is 2.81 bits per heavy atom. The molecule has 0 bridgehead atoms. The Balaban J connectivity index is 1.72. The number of nitriles is 1. The smallest absolute Gasteiger partial charge is 0.130 e. The van der Waals surface area contributed by atoms with Crippen molar-refractivity contribution in [2.75, 3.05) is 31.7 Å². The second-order valence-electron chi connectivity index (χ2n) is 8.93. The molecule has 4 heterocycles. The molecule has 0 spiro atoms. The van der Waals surface area contributed by atoms with Crippen LogP contribution in [-0.2, 0) is 10.2 Å². The SMILES string of the molecule is CNC1CCC(C#N)(c2cc(N3CCOC[C@H]3C)nc3c(-c4ccn[nH]4)nccc23)CC1. The van der Waals surface area contributed by atoms with Gasteiger partial charge in [0.25, 0.3) is 0 Å². The molecule has 8 heteroatoms. The zero-order valence-electron chi connectivity index (χ0n) is 18.6. The van der Waals surface area contributed by atoms with Gasteiger partial charge in [-0.3, -0.25) is 10.1 Å². The molecule has 1 saturated carbocycles. The van der Waals surface area contributed by atoms with E-state index in [1.165, 1.54) is 0 Å². The van der Waals surface area contributed by atoms with Crippen LogP contribution in [-0.4, -0.2) is 59.1 Å². The highest BCUT2D eigenvalue weighted by Crippen LogP contribution is 2.44. The van der Waals surface area contributed by atoms with E-state index in [0.717, 1.165) is 65.9 Å². The Morgan fingerprint density at radius 1 is 1.28 bits per heavy atom. The number of morpholine rings is 1. The van der Waals surface area contributed by atoms with Crippen LogP contribution in [0.5, 0.6) is 0 Å². The van der Waals surface area contributed by atoms with E-state index < -0.39 is 5.41 Å². The molecule has 2 N–H and O–H groups in total. The quantitative estimate of drug-likeness (QED) is 0.654. The number of ether oxygens (including phenoxy) is 1. The van der Waals surface area contributed by atoms with Crippen molar-refractivity contribution < 1.29 is 4.74 Å². The first-order chi connectivity index (χ1) is 15.6. The summed E-state index contributed by atoms with van der Waals surface area (Å²) in [6, 6.07) is 9.48. The fraction of sp³-hybridized carbons (Fsp3) is 0.500. The molecule has 0 amide bonds. The monoisotopic (exact) mass is 431 g/mol. The fourth-order valence-corrected chi connectivity index (χ4v) is 5.17. The average Bonchev–Trinajstić information content (AvgIpc) is 3.38. The standard InChI is InChI=1S/C24H29N7O/c1-16-14-32-12-11-31(16)21-13-19(24(15-25)7-3-17(26-2)4-8-24)18-5-9-27-23(22(18)29-21)20-6-10-28-30-20/h5-6,9-10,13,16-17,26H,3-4,7-8,11-12,14H2,1-2H3,(H,28,30)/t16-,17?,24?/m1/s1. The fourth-order valence-electron chi connectivity index (χ4n) is 5.17. The number of rotatable bonds is 4. The van der Waals surface area contributed by atoms with Crippen molar-refractivity contribution >= 4 is 16.7 Å². The minimum atomic E-state index is -0.536. The van der Waals surface area contributed by atoms with Crippen molar-refractivity contribution in [2.24, 2.45) is 0 Å². The molecule has 2 aliphatic rings. The highest BCUT2D eigenvalue weighted by molar-refractivity contribution is 5.94. The lowest BCUT2D eigenvalue weighted by Crippen LogP contribution is -2.44. The number of aromatic nitrogens is 4. The van der Waals surface area contributed by atoms with Crippen LogP contribution in [0.2, 0.25) is 0 Å². The largest absolute Gasteiger partial charge is 0.377 e. The predicted molar refractivity (Wildman–Crippen MR) is 123 cm³/mol. The summed E-state index contributed by atoms with van der Waals surface area (Å²) in [6.07, 6.45) is 7.15. The lowest BCUT2D eigenvalue weighted by atomic mass is 9.68. The Kier molecular flexibility index (Phi) is 5.53. The minimum absolute atomic E-state index is 0.215. The summed E-state index contributed by atoms with van der Waals surface area (Å²) in [5.74, 6) is 0.891. The van der Waals surface area contributed by atoms with Crippen LogP contribution in [0, 0.1) is 11.3 Å². The first kappa shape index (κ1) is 20.9. The van der Waals surface area contributed by atoms with Gasteiger partial charge < -0.3 is 15.0 Å². The number of aromatic amines is 1. The molecule has 3 aromatic rings. The zero-order chi connectivity index (χ0) is 22.1. The van der Waals surface area contributed by atoms with Crippen molar-refractivity contribution in [3.05, 3.63) is 36.2 Å². The molecule has 166 valence electrons. The van der Waals surface area contributed by atoms with Crippen LogP contribution in [0.25, 0.3) is 22.3 Å². The van der Waals surface area contributed by atoms with Gasteiger partial charge in [0, 0.05) is 30.4 Å². The molecule has 1 atom stereocenters. The maximum absolute atomic E-state index is 10.5. The molecule has 32 heavy (non-hydrogen) atoms. The normalized spacial score (nSPS) is 26.2. The molecule has 2 fully saturated rings. The van der Waals surface area contributed by atoms with Crippen LogP contribution < -0.4 is 10.2 Å². The zero-order valence-corrected chi connectivity index (χ0v) is 18.6. The number of hydrogen-bond acceptors (Lipinski definition) is 7. The van der Waals surface area contributed by atoms with E-state index in [1.807, 2.05) is 25.4 Å². The maximum Gasteiger partial charge on any atom is 0.130 e. The van der Waals surface area contributed by atoms with Crippen molar-refractivity contribution in [1.82, 2.24) is 25.5 Å². The number of anilines is 1. The Morgan fingerprint density at radius 2 is 2.12 bits per heavy atom. The second-order valence-corrected chi connectivity index (χ2v) is 8.93. The molecule has 0 aromatic carbocycles. The van der Waals surface area contributed by atoms with Crippen LogP contribution in [0.1, 0.15) is 38.2 Å². The lowest BCUT2D eigenvalue weighted by Gasteiger charge is -2.38. The number of H-pyrrole nitrogens is 1. The van der Waals surface area contributed by atoms with Crippen LogP contribution in [0.4, 0.5) is 5.82 Å². The summed E-state index contributed by atoms with van der Waals surface area (Å²) >= 11 is 0. The second kappa shape index (κ2) is 8.49. The molecule has 1 saturated heterocycles. The summed E-state index contributed by atoms with van der Waals surface area (Å²) < 4.78 is 5.66. The minimum Gasteiger partial charge on any atom is -0.377 e. The third-order valence-electron chi connectivity index (χ3n) is 7.11. The van der Waals surface area contributed by atoms with E-state index in [0.29, 0.717) is 19.3 Å². The van der Waals surface area contributed by atoms with Gasteiger partial charge in [-0.25, -0.2) is 4.98 Å². The van der Waals surface area contributed by atoms with E-state index in [4.69, 9.17) is 9.72 Å². The van der Waals surface area contributed by atoms with Gasteiger partial charge in [0.2, 0.25) is 0 Å². The van der Waals surface area contributed by atoms with E-state index >= 15 is 0 Å². The lowest BCUT2D eigenvalue weighted by molar-refractivity contribution is 0.0985. The van der Waals surface area contributed by atoms with E-state index in [-0.39, 0.29) is 6.04 Å². The first-order valence-corrected chi connectivity index (χ1v) is 11.4. The van der Waals surface area contributed by atoms with Gasteiger partial charge in [-0.1, -0.05) is 0 Å². The molecule has 3 aromatic heterocycles. The van der Waals surface area contributed by atoms with E-state index in [1.54, 1.807) is 6.20 Å². The topological polar surface area (TPSA) is 103 Å². The molecular formula is C24H29N7O. The van der Waals surface area contributed by atoms with Crippen LogP contribution >= 0.6 is 0 Å². The van der Waals surface area contributed by atoms with Crippen molar-refractivity contribution in [1.29, 1.82) is 5.26 Å². The van der Waals surface area contributed by atoms with Gasteiger partial charge in [-0.05, 0) is 63.4 Å². The number of nitrogens with zero attached hydrogens (tertiary/aromatic N) is 5. The van der Waals surface area contributed by atoms with Crippen molar-refractivity contribution in [2.45, 2.75) is 50.1 Å². The maximum atomic E-state index is 10.5. The number of hydrogen-bond donors (Lipinski definition) is 2. The van der Waals surface area contributed by atoms with Crippen LogP contribution in [0.15, 0.2) is 30.6 Å². The van der Waals surface area contributed by atoms with Gasteiger partial charge in [-0.15, -0.1) is 0 Å². The van der Waals surface area contributed by atoms with Gasteiger partial charge in [0.05, 0.1) is 36.4 Å². The Labute approximate surface area is 188 Å². The van der Waals surface area contributed by atoms with Crippen molar-refractivity contribution in [3.8, 4) is 17.5 Å². The number of nitrogens with one attached hydrogen (secondary N) is 2. The molecule has 0 radical (unpaired) electrons. The predicted octanol–water partition coefficient (Wildman–Crippen LogP) is 3.17. The highest BCUT2D eigenvalue weighted by atomic mass is 16.5. The molecule has 1 aliphatic carbocycles. The average molecular weight is 432 g/mol. The number of pyridine rings is 2.